The Balaban J connectivity index is 2.41. The van der Waals surface area contributed by atoms with Crippen molar-refractivity contribution < 1.29 is 27.8 Å². The highest BCUT2D eigenvalue weighted by Crippen LogP contribution is 2.25. The lowest BCUT2D eigenvalue weighted by Crippen LogP contribution is -2.41. The number of halogens is 2. The largest absolute Gasteiger partial charge is 0.419 e. The first-order valence-corrected chi connectivity index (χ1v) is 5.42. The lowest BCUT2D eigenvalue weighted by atomic mass is 10.1. The molecule has 19 heavy (non-hydrogen) atoms. The molecule has 0 amide bonds. The second-order valence-electron chi connectivity index (χ2n) is 4.38. The van der Waals surface area contributed by atoms with Gasteiger partial charge in [-0.25, -0.2) is 18.4 Å². The number of esters is 2. The molecule has 4 nitrogen and oxygen atoms in total. The van der Waals surface area contributed by atoms with E-state index in [0.717, 1.165) is 12.1 Å². The van der Waals surface area contributed by atoms with Crippen molar-refractivity contribution in [3.63, 3.8) is 0 Å². The van der Waals surface area contributed by atoms with Crippen LogP contribution >= 0.6 is 0 Å². The standard InChI is InChI=1S/C13H10F2O4/c1-13(2)18-11(16)8(12(17)19-13)6-7-4-3-5-9(14)10(7)15/h3-6H,1-2H3. The van der Waals surface area contributed by atoms with Crippen LogP contribution in [0.1, 0.15) is 19.4 Å². The second kappa shape index (κ2) is 4.46. The van der Waals surface area contributed by atoms with Crippen molar-refractivity contribution in [2.24, 2.45) is 0 Å². The Morgan fingerprint density at radius 2 is 1.68 bits per heavy atom. The molecular weight excluding hydrogens is 258 g/mol. The molecule has 0 radical (unpaired) electrons. The van der Waals surface area contributed by atoms with Gasteiger partial charge in [0, 0.05) is 19.4 Å². The van der Waals surface area contributed by atoms with Gasteiger partial charge in [0.15, 0.2) is 11.6 Å². The molecule has 2 rings (SSSR count). The molecule has 1 saturated heterocycles. The number of cyclic esters (lactones) is 2. The maximum absolute atomic E-state index is 13.4. The highest BCUT2D eigenvalue weighted by Gasteiger charge is 2.39. The predicted molar refractivity (Wildman–Crippen MR) is 60.6 cm³/mol. The summed E-state index contributed by atoms with van der Waals surface area (Å²) in [6.45, 7) is 2.78. The van der Waals surface area contributed by atoms with E-state index in [1.807, 2.05) is 0 Å². The van der Waals surface area contributed by atoms with Gasteiger partial charge in [-0.1, -0.05) is 12.1 Å². The summed E-state index contributed by atoms with van der Waals surface area (Å²) in [6.07, 6.45) is 0.901. The van der Waals surface area contributed by atoms with Gasteiger partial charge < -0.3 is 9.47 Å². The Morgan fingerprint density at radius 3 is 2.26 bits per heavy atom. The molecule has 1 aromatic carbocycles. The van der Waals surface area contributed by atoms with E-state index in [4.69, 9.17) is 9.47 Å². The lowest BCUT2D eigenvalue weighted by Gasteiger charge is -2.29. The van der Waals surface area contributed by atoms with Crippen molar-refractivity contribution in [3.05, 3.63) is 41.0 Å². The minimum atomic E-state index is -1.37. The van der Waals surface area contributed by atoms with Crippen molar-refractivity contribution >= 4 is 18.0 Å². The second-order valence-corrected chi connectivity index (χ2v) is 4.38. The minimum Gasteiger partial charge on any atom is -0.419 e. The van der Waals surface area contributed by atoms with Crippen LogP contribution in [0.3, 0.4) is 0 Å². The summed E-state index contributed by atoms with van der Waals surface area (Å²) < 4.78 is 36.1. The number of benzene rings is 1. The van der Waals surface area contributed by atoms with Crippen molar-refractivity contribution in [1.82, 2.24) is 0 Å². The van der Waals surface area contributed by atoms with Crippen LogP contribution in [0.4, 0.5) is 8.78 Å². The molecule has 1 fully saturated rings. The number of hydrogen-bond donors (Lipinski definition) is 0. The molecule has 1 aliphatic rings. The van der Waals surface area contributed by atoms with Gasteiger partial charge in [0.25, 0.3) is 5.79 Å². The van der Waals surface area contributed by atoms with E-state index >= 15 is 0 Å². The molecule has 0 atom stereocenters. The Kier molecular flexibility index (Phi) is 3.09. The van der Waals surface area contributed by atoms with E-state index < -0.39 is 34.9 Å². The van der Waals surface area contributed by atoms with Crippen LogP contribution in [-0.2, 0) is 19.1 Å². The van der Waals surface area contributed by atoms with Gasteiger partial charge in [-0.05, 0) is 12.1 Å². The molecule has 6 heteroatoms. The van der Waals surface area contributed by atoms with Gasteiger partial charge in [0.1, 0.15) is 5.57 Å². The van der Waals surface area contributed by atoms with Crippen LogP contribution in [0.5, 0.6) is 0 Å². The molecule has 0 unspecified atom stereocenters. The topological polar surface area (TPSA) is 52.6 Å². The van der Waals surface area contributed by atoms with E-state index in [0.29, 0.717) is 0 Å². The van der Waals surface area contributed by atoms with Crippen LogP contribution in [0.2, 0.25) is 0 Å². The van der Waals surface area contributed by atoms with Crippen molar-refractivity contribution in [1.29, 1.82) is 0 Å². The van der Waals surface area contributed by atoms with Crippen LogP contribution < -0.4 is 0 Å². The zero-order chi connectivity index (χ0) is 14.2. The first-order valence-electron chi connectivity index (χ1n) is 5.42. The number of hydrogen-bond acceptors (Lipinski definition) is 4. The monoisotopic (exact) mass is 268 g/mol. The van der Waals surface area contributed by atoms with Gasteiger partial charge in [0.05, 0.1) is 0 Å². The molecular formula is C13H10F2O4. The van der Waals surface area contributed by atoms with Crippen LogP contribution in [0.25, 0.3) is 6.08 Å². The normalized spacial score (nSPS) is 17.8. The number of carbonyl (C=O) groups excluding carboxylic acids is 2. The summed E-state index contributed by atoms with van der Waals surface area (Å²) in [5, 5.41) is 0. The van der Waals surface area contributed by atoms with Crippen molar-refractivity contribution in [2.75, 3.05) is 0 Å². The average molecular weight is 268 g/mol. The summed E-state index contributed by atoms with van der Waals surface area (Å²) in [7, 11) is 0. The summed E-state index contributed by atoms with van der Waals surface area (Å²) in [5.41, 5.74) is -0.715. The molecule has 0 aliphatic carbocycles. The zero-order valence-corrected chi connectivity index (χ0v) is 10.2. The number of carbonyl (C=O) groups is 2. The SMILES string of the molecule is CC1(C)OC(=O)C(=Cc2cccc(F)c2F)C(=O)O1. The molecule has 1 heterocycles. The van der Waals surface area contributed by atoms with Gasteiger partial charge in [-0.3, -0.25) is 0 Å². The summed E-state index contributed by atoms with van der Waals surface area (Å²) in [4.78, 5) is 23.2. The highest BCUT2D eigenvalue weighted by molar-refractivity contribution is 6.18. The van der Waals surface area contributed by atoms with E-state index in [-0.39, 0.29) is 5.56 Å². The first kappa shape index (κ1) is 13.2. The summed E-state index contributed by atoms with van der Waals surface area (Å²) in [5.74, 6) is -5.48. The fraction of sp³-hybridized carbons (Fsp3) is 0.231. The van der Waals surface area contributed by atoms with E-state index in [1.54, 1.807) is 0 Å². The molecule has 1 aliphatic heterocycles. The lowest BCUT2D eigenvalue weighted by molar-refractivity contribution is -0.222. The van der Waals surface area contributed by atoms with Crippen molar-refractivity contribution in [3.8, 4) is 0 Å². The number of rotatable bonds is 1. The Hall–Kier alpha value is -2.24. The van der Waals surface area contributed by atoms with Gasteiger partial charge in [0.2, 0.25) is 0 Å². The van der Waals surface area contributed by atoms with Gasteiger partial charge in [-0.15, -0.1) is 0 Å². The third kappa shape index (κ3) is 2.62. The highest BCUT2D eigenvalue weighted by atomic mass is 19.2. The Labute approximate surface area is 107 Å². The zero-order valence-electron chi connectivity index (χ0n) is 10.2. The molecule has 0 saturated carbocycles. The minimum absolute atomic E-state index is 0.233. The maximum atomic E-state index is 13.4. The summed E-state index contributed by atoms with van der Waals surface area (Å²) in [6, 6.07) is 3.41. The molecule has 1 aromatic rings. The molecule has 0 bridgehead atoms. The van der Waals surface area contributed by atoms with E-state index in [9.17, 15) is 18.4 Å². The summed E-state index contributed by atoms with van der Waals surface area (Å²) >= 11 is 0. The predicted octanol–water partition coefficient (Wildman–Crippen LogP) is 2.18. The van der Waals surface area contributed by atoms with Crippen LogP contribution in [0, 0.1) is 11.6 Å². The Morgan fingerprint density at radius 1 is 1.11 bits per heavy atom. The molecule has 0 aromatic heterocycles. The van der Waals surface area contributed by atoms with E-state index in [1.165, 1.54) is 26.0 Å². The fourth-order valence-electron chi connectivity index (χ4n) is 1.57. The van der Waals surface area contributed by atoms with Gasteiger partial charge >= 0.3 is 11.9 Å². The van der Waals surface area contributed by atoms with Crippen LogP contribution in [0.15, 0.2) is 23.8 Å². The third-order valence-corrected chi connectivity index (χ3v) is 2.40. The van der Waals surface area contributed by atoms with Gasteiger partial charge in [-0.2, -0.15) is 0 Å². The van der Waals surface area contributed by atoms with Crippen molar-refractivity contribution in [2.45, 2.75) is 19.6 Å². The smallest absolute Gasteiger partial charge is 0.348 e. The molecule has 0 spiro atoms. The van der Waals surface area contributed by atoms with Crippen LogP contribution in [-0.4, -0.2) is 17.7 Å². The Bertz CT molecular complexity index is 568. The van der Waals surface area contributed by atoms with E-state index in [2.05, 4.69) is 0 Å². The molecule has 0 N–H and O–H groups in total. The average Bonchev–Trinajstić information content (AvgIpc) is 2.27. The first-order chi connectivity index (χ1) is 8.80. The third-order valence-electron chi connectivity index (χ3n) is 2.40. The fourth-order valence-corrected chi connectivity index (χ4v) is 1.57. The number of ether oxygens (including phenoxy) is 2. The maximum Gasteiger partial charge on any atom is 0.348 e. The molecule has 100 valence electrons. The quantitative estimate of drug-likeness (QED) is 0.445.